The van der Waals surface area contributed by atoms with E-state index in [2.05, 4.69) is 16.5 Å². The second-order valence-corrected chi connectivity index (χ2v) is 8.08. The number of ether oxygens (including phenoxy) is 1. The van der Waals surface area contributed by atoms with Crippen LogP contribution >= 0.6 is 0 Å². The molecule has 7 nitrogen and oxygen atoms in total. The van der Waals surface area contributed by atoms with Gasteiger partial charge in [0.1, 0.15) is 0 Å². The molecule has 0 atom stereocenters. The molecule has 1 aromatic heterocycles. The Morgan fingerprint density at radius 3 is 2.68 bits per heavy atom. The molecule has 162 valence electrons. The Hall–Kier alpha value is -3.48. The van der Waals surface area contributed by atoms with Crippen molar-refractivity contribution in [1.29, 1.82) is 0 Å². The number of aryl methyl sites for hydroxylation is 2. The highest BCUT2D eigenvalue weighted by atomic mass is 16.5. The minimum atomic E-state index is -0.127. The molecule has 0 spiro atoms. The summed E-state index contributed by atoms with van der Waals surface area (Å²) >= 11 is 0. The fraction of sp³-hybridized carbons (Fsp3) is 0.333. The Kier molecular flexibility index (Phi) is 5.84. The fourth-order valence-corrected chi connectivity index (χ4v) is 3.72. The monoisotopic (exact) mass is 420 g/mol. The largest absolute Gasteiger partial charge is 0.504 e. The van der Waals surface area contributed by atoms with E-state index in [4.69, 9.17) is 4.74 Å². The third kappa shape index (κ3) is 4.99. The quantitative estimate of drug-likeness (QED) is 0.591. The topological polar surface area (TPSA) is 79.6 Å². The number of rotatable bonds is 7. The van der Waals surface area contributed by atoms with Gasteiger partial charge in [-0.1, -0.05) is 18.2 Å². The van der Waals surface area contributed by atoms with Crippen molar-refractivity contribution < 1.29 is 14.6 Å². The van der Waals surface area contributed by atoms with Gasteiger partial charge in [-0.25, -0.2) is 4.79 Å². The molecule has 7 heteroatoms. The van der Waals surface area contributed by atoms with Crippen LogP contribution in [0.25, 0.3) is 0 Å². The summed E-state index contributed by atoms with van der Waals surface area (Å²) in [4.78, 5) is 14.9. The Morgan fingerprint density at radius 2 is 2.00 bits per heavy atom. The maximum atomic E-state index is 13.1. The first kappa shape index (κ1) is 20.8. The van der Waals surface area contributed by atoms with E-state index in [0.717, 1.165) is 41.0 Å². The summed E-state index contributed by atoms with van der Waals surface area (Å²) in [7, 11) is 1.52. The second kappa shape index (κ2) is 8.71. The molecule has 0 radical (unpaired) electrons. The zero-order valence-electron chi connectivity index (χ0n) is 18.1. The lowest BCUT2D eigenvalue weighted by Crippen LogP contribution is -2.36. The third-order valence-electron chi connectivity index (χ3n) is 5.46. The van der Waals surface area contributed by atoms with Crippen molar-refractivity contribution in [2.24, 2.45) is 0 Å². The predicted octanol–water partition coefficient (Wildman–Crippen LogP) is 4.46. The number of amides is 2. The first-order valence-electron chi connectivity index (χ1n) is 10.5. The summed E-state index contributed by atoms with van der Waals surface area (Å²) in [5.74, 6) is 0.499. The van der Waals surface area contributed by atoms with Gasteiger partial charge >= 0.3 is 6.03 Å². The van der Waals surface area contributed by atoms with Crippen LogP contribution in [0.15, 0.2) is 48.5 Å². The van der Waals surface area contributed by atoms with Crippen LogP contribution < -0.4 is 10.1 Å². The normalized spacial score (nSPS) is 13.1. The fourth-order valence-electron chi connectivity index (χ4n) is 3.72. The lowest BCUT2D eigenvalue weighted by Gasteiger charge is -2.23. The van der Waals surface area contributed by atoms with E-state index in [0.29, 0.717) is 18.8 Å². The molecule has 3 aromatic rings. The summed E-state index contributed by atoms with van der Waals surface area (Å²) in [6.45, 7) is 5.13. The molecular weight excluding hydrogens is 392 g/mol. The summed E-state index contributed by atoms with van der Waals surface area (Å²) in [5.41, 5.74) is 4.85. The predicted molar refractivity (Wildman–Crippen MR) is 119 cm³/mol. The minimum Gasteiger partial charge on any atom is -0.504 e. The summed E-state index contributed by atoms with van der Waals surface area (Å²) < 4.78 is 7.16. The molecule has 4 rings (SSSR count). The van der Waals surface area contributed by atoms with Crippen molar-refractivity contribution >= 4 is 11.7 Å². The van der Waals surface area contributed by atoms with E-state index in [1.807, 2.05) is 53.8 Å². The number of phenols is 1. The average Bonchev–Trinajstić information content (AvgIpc) is 3.52. The average molecular weight is 421 g/mol. The van der Waals surface area contributed by atoms with Crippen LogP contribution in [0.2, 0.25) is 0 Å². The third-order valence-corrected chi connectivity index (χ3v) is 5.46. The lowest BCUT2D eigenvalue weighted by molar-refractivity contribution is 0.206. The van der Waals surface area contributed by atoms with Gasteiger partial charge in [0.05, 0.1) is 19.3 Å². The summed E-state index contributed by atoms with van der Waals surface area (Å²) in [6.07, 6.45) is 2.00. The van der Waals surface area contributed by atoms with Crippen LogP contribution in [-0.4, -0.2) is 39.0 Å². The van der Waals surface area contributed by atoms with Crippen molar-refractivity contribution in [2.45, 2.75) is 45.8 Å². The number of phenolic OH excluding ortho intramolecular Hbond substituents is 1. The number of methoxy groups -OCH3 is 1. The van der Waals surface area contributed by atoms with E-state index in [-0.39, 0.29) is 17.8 Å². The first-order valence-corrected chi connectivity index (χ1v) is 10.5. The number of urea groups is 1. The number of nitrogens with one attached hydrogen (secondary N) is 1. The van der Waals surface area contributed by atoms with Crippen LogP contribution in [-0.2, 0) is 13.1 Å². The van der Waals surface area contributed by atoms with Gasteiger partial charge in [0.2, 0.25) is 0 Å². The standard InChI is InChI=1S/C24H28N4O3/c1-16-11-17(2)28(26-16)15-18-5-4-6-20(12-18)25-24(30)27(21-8-9-21)14-19-7-10-22(29)23(13-19)31-3/h4-7,10-13,21,29H,8-9,14-15H2,1-3H3,(H,25,30). The number of aromatic nitrogens is 2. The van der Waals surface area contributed by atoms with Crippen LogP contribution in [0.1, 0.15) is 35.4 Å². The number of hydrogen-bond acceptors (Lipinski definition) is 4. The first-order chi connectivity index (χ1) is 14.9. The Labute approximate surface area is 182 Å². The number of nitrogens with zero attached hydrogens (tertiary/aromatic N) is 3. The van der Waals surface area contributed by atoms with Gasteiger partial charge in [0.25, 0.3) is 0 Å². The molecule has 0 aliphatic heterocycles. The van der Waals surface area contributed by atoms with E-state index in [1.54, 1.807) is 12.1 Å². The van der Waals surface area contributed by atoms with Gasteiger partial charge in [-0.3, -0.25) is 4.68 Å². The van der Waals surface area contributed by atoms with Crippen molar-refractivity contribution in [2.75, 3.05) is 12.4 Å². The van der Waals surface area contributed by atoms with E-state index in [9.17, 15) is 9.90 Å². The van der Waals surface area contributed by atoms with Crippen molar-refractivity contribution in [3.05, 3.63) is 71.0 Å². The van der Waals surface area contributed by atoms with Crippen molar-refractivity contribution in [1.82, 2.24) is 14.7 Å². The molecule has 0 unspecified atom stereocenters. The number of carbonyl (C=O) groups excluding carboxylic acids is 1. The minimum absolute atomic E-state index is 0.0908. The highest BCUT2D eigenvalue weighted by Crippen LogP contribution is 2.31. The van der Waals surface area contributed by atoms with Gasteiger partial charge in [-0.2, -0.15) is 5.10 Å². The van der Waals surface area contributed by atoms with Crippen molar-refractivity contribution in [3.8, 4) is 11.5 Å². The number of anilines is 1. The molecule has 2 N–H and O–H groups in total. The van der Waals surface area contributed by atoms with Crippen LogP contribution in [0.3, 0.4) is 0 Å². The molecule has 0 saturated heterocycles. The van der Waals surface area contributed by atoms with Crippen LogP contribution in [0.5, 0.6) is 11.5 Å². The van der Waals surface area contributed by atoms with Crippen molar-refractivity contribution in [3.63, 3.8) is 0 Å². The molecular formula is C24H28N4O3. The highest BCUT2D eigenvalue weighted by Gasteiger charge is 2.32. The zero-order valence-corrected chi connectivity index (χ0v) is 18.1. The Balaban J connectivity index is 1.46. The van der Waals surface area contributed by atoms with Crippen LogP contribution in [0.4, 0.5) is 10.5 Å². The summed E-state index contributed by atoms with van der Waals surface area (Å²) in [6, 6.07) is 15.2. The molecule has 0 bridgehead atoms. The molecule has 1 fully saturated rings. The lowest BCUT2D eigenvalue weighted by atomic mass is 10.2. The van der Waals surface area contributed by atoms with E-state index >= 15 is 0 Å². The molecule has 31 heavy (non-hydrogen) atoms. The van der Waals surface area contributed by atoms with E-state index < -0.39 is 0 Å². The second-order valence-electron chi connectivity index (χ2n) is 8.08. The van der Waals surface area contributed by atoms with Gasteiger partial charge in [0.15, 0.2) is 11.5 Å². The molecule has 1 saturated carbocycles. The Morgan fingerprint density at radius 1 is 1.19 bits per heavy atom. The highest BCUT2D eigenvalue weighted by molar-refractivity contribution is 5.89. The number of hydrogen-bond donors (Lipinski definition) is 2. The number of benzene rings is 2. The number of aromatic hydroxyl groups is 1. The van der Waals surface area contributed by atoms with Gasteiger partial charge in [-0.05, 0) is 68.1 Å². The maximum absolute atomic E-state index is 13.1. The van der Waals surface area contributed by atoms with Gasteiger partial charge < -0.3 is 20.1 Å². The molecule has 2 amide bonds. The SMILES string of the molecule is COc1cc(CN(C(=O)Nc2cccc(Cn3nc(C)cc3C)c2)C2CC2)ccc1O. The molecule has 1 heterocycles. The maximum Gasteiger partial charge on any atom is 0.322 e. The Bertz CT molecular complexity index is 1090. The van der Waals surface area contributed by atoms with Gasteiger partial charge in [-0.15, -0.1) is 0 Å². The summed E-state index contributed by atoms with van der Waals surface area (Å²) in [5, 5.41) is 17.4. The molecule has 1 aliphatic rings. The van der Waals surface area contributed by atoms with E-state index in [1.165, 1.54) is 7.11 Å². The molecule has 2 aromatic carbocycles. The zero-order chi connectivity index (χ0) is 22.0. The van der Waals surface area contributed by atoms with Gasteiger partial charge in [0, 0.05) is 24.0 Å². The molecule has 1 aliphatic carbocycles. The smallest absolute Gasteiger partial charge is 0.322 e. The number of carbonyl (C=O) groups is 1. The van der Waals surface area contributed by atoms with Crippen LogP contribution in [0, 0.1) is 13.8 Å².